The molecule has 0 spiro atoms. The van der Waals surface area contributed by atoms with Gasteiger partial charge in [0.05, 0.1) is 11.5 Å². The number of methoxy groups -OCH3 is 1. The smallest absolute Gasteiger partial charge is 0.243 e. The molecule has 0 aromatic heterocycles. The van der Waals surface area contributed by atoms with Crippen LogP contribution in [0.2, 0.25) is 5.02 Å². The summed E-state index contributed by atoms with van der Waals surface area (Å²) in [5.74, 6) is -0.0640. The lowest BCUT2D eigenvalue weighted by Gasteiger charge is -2.31. The predicted molar refractivity (Wildman–Crippen MR) is 87.9 cm³/mol. The average Bonchev–Trinajstić information content (AvgIpc) is 2.54. The van der Waals surface area contributed by atoms with Crippen LogP contribution in [0.15, 0.2) is 29.2 Å². The van der Waals surface area contributed by atoms with Crippen molar-refractivity contribution in [2.24, 2.45) is 0 Å². The molecule has 1 saturated heterocycles. The summed E-state index contributed by atoms with van der Waals surface area (Å²) >= 11 is 5.79. The van der Waals surface area contributed by atoms with E-state index in [9.17, 15) is 13.2 Å². The molecule has 1 aromatic rings. The largest absolute Gasteiger partial charge is 0.384 e. The summed E-state index contributed by atoms with van der Waals surface area (Å²) in [6.45, 7) is 1.16. The van der Waals surface area contributed by atoms with E-state index in [0.717, 1.165) is 0 Å². The van der Waals surface area contributed by atoms with Gasteiger partial charge in [-0.05, 0) is 37.1 Å². The summed E-state index contributed by atoms with van der Waals surface area (Å²) in [7, 11) is -1.95. The summed E-state index contributed by atoms with van der Waals surface area (Å²) in [6, 6.07) is 6.16. The third-order valence-electron chi connectivity index (χ3n) is 3.80. The van der Waals surface area contributed by atoms with Crippen molar-refractivity contribution in [1.82, 2.24) is 9.62 Å². The monoisotopic (exact) mass is 360 g/mol. The zero-order valence-electron chi connectivity index (χ0n) is 13.0. The maximum Gasteiger partial charge on any atom is 0.243 e. The lowest BCUT2D eigenvalue weighted by molar-refractivity contribution is -0.122. The van der Waals surface area contributed by atoms with E-state index >= 15 is 0 Å². The van der Waals surface area contributed by atoms with Crippen molar-refractivity contribution in [1.29, 1.82) is 0 Å². The molecule has 0 radical (unpaired) electrons. The van der Waals surface area contributed by atoms with Gasteiger partial charge in [-0.1, -0.05) is 11.6 Å². The molecule has 0 aliphatic carbocycles. The van der Waals surface area contributed by atoms with E-state index in [-0.39, 0.29) is 16.8 Å². The second-order valence-corrected chi connectivity index (χ2v) is 7.82. The normalized spacial score (nSPS) is 17.1. The van der Waals surface area contributed by atoms with Gasteiger partial charge in [0.25, 0.3) is 0 Å². The molecule has 1 heterocycles. The minimum atomic E-state index is -3.50. The van der Waals surface area contributed by atoms with Crippen LogP contribution in [0.1, 0.15) is 19.3 Å². The number of rotatable bonds is 6. The van der Waals surface area contributed by atoms with Crippen LogP contribution in [0.4, 0.5) is 0 Å². The van der Waals surface area contributed by atoms with Crippen molar-refractivity contribution in [3.05, 3.63) is 29.3 Å². The molecule has 0 unspecified atom stereocenters. The van der Waals surface area contributed by atoms with Crippen LogP contribution in [-0.2, 0) is 19.6 Å². The number of benzene rings is 1. The number of amides is 1. The Labute approximate surface area is 141 Å². The molecular weight excluding hydrogens is 340 g/mol. The van der Waals surface area contributed by atoms with Gasteiger partial charge in [0, 0.05) is 37.7 Å². The molecular formula is C15H21ClN2O4S. The standard InChI is InChI=1S/C15H21ClN2O4S/c1-22-11-8-15(19)17-13-6-9-18(10-7-13)23(20,21)14-4-2-12(16)3-5-14/h2-5,13H,6-11H2,1H3,(H,17,19). The van der Waals surface area contributed by atoms with Gasteiger partial charge in [0.15, 0.2) is 0 Å². The van der Waals surface area contributed by atoms with Crippen LogP contribution >= 0.6 is 11.6 Å². The zero-order chi connectivity index (χ0) is 16.9. The minimum Gasteiger partial charge on any atom is -0.384 e. The Morgan fingerprint density at radius 1 is 1.30 bits per heavy atom. The van der Waals surface area contributed by atoms with Gasteiger partial charge in [0.1, 0.15) is 0 Å². The van der Waals surface area contributed by atoms with E-state index in [2.05, 4.69) is 5.32 Å². The van der Waals surface area contributed by atoms with Gasteiger partial charge < -0.3 is 10.1 Å². The SMILES string of the molecule is COCCC(=O)NC1CCN(S(=O)(=O)c2ccc(Cl)cc2)CC1. The molecule has 1 amide bonds. The summed E-state index contributed by atoms with van der Waals surface area (Å²) < 4.78 is 31.4. The Morgan fingerprint density at radius 3 is 2.48 bits per heavy atom. The third kappa shape index (κ3) is 4.91. The van der Waals surface area contributed by atoms with Crippen LogP contribution in [0.25, 0.3) is 0 Å². The topological polar surface area (TPSA) is 75.7 Å². The second-order valence-electron chi connectivity index (χ2n) is 5.44. The average molecular weight is 361 g/mol. The minimum absolute atomic E-state index is 0.0102. The molecule has 23 heavy (non-hydrogen) atoms. The predicted octanol–water partition coefficient (Wildman–Crippen LogP) is 1.65. The molecule has 0 atom stereocenters. The van der Waals surface area contributed by atoms with Gasteiger partial charge in [-0.15, -0.1) is 0 Å². The highest BCUT2D eigenvalue weighted by molar-refractivity contribution is 7.89. The first kappa shape index (κ1) is 18.2. The number of carbonyl (C=O) groups is 1. The van der Waals surface area contributed by atoms with Crippen LogP contribution < -0.4 is 5.32 Å². The van der Waals surface area contributed by atoms with Crippen LogP contribution in [0.3, 0.4) is 0 Å². The molecule has 8 heteroatoms. The van der Waals surface area contributed by atoms with Gasteiger partial charge in [0.2, 0.25) is 15.9 Å². The number of piperidine rings is 1. The number of ether oxygens (including phenoxy) is 1. The lowest BCUT2D eigenvalue weighted by atomic mass is 10.1. The van der Waals surface area contributed by atoms with Gasteiger partial charge in [-0.25, -0.2) is 8.42 Å². The number of carbonyl (C=O) groups excluding carboxylic acids is 1. The summed E-state index contributed by atoms with van der Waals surface area (Å²) in [5, 5.41) is 3.42. The Balaban J connectivity index is 1.91. The fourth-order valence-electron chi connectivity index (χ4n) is 2.49. The van der Waals surface area contributed by atoms with Crippen LogP contribution in [-0.4, -0.2) is 51.5 Å². The van der Waals surface area contributed by atoms with Crippen molar-refractivity contribution in [3.63, 3.8) is 0 Å². The Morgan fingerprint density at radius 2 is 1.91 bits per heavy atom. The maximum absolute atomic E-state index is 12.5. The Hall–Kier alpha value is -1.15. The number of nitrogens with one attached hydrogen (secondary N) is 1. The van der Waals surface area contributed by atoms with E-state index in [0.29, 0.717) is 44.0 Å². The van der Waals surface area contributed by atoms with Crippen molar-refractivity contribution in [3.8, 4) is 0 Å². The highest BCUT2D eigenvalue weighted by Gasteiger charge is 2.29. The number of halogens is 1. The fraction of sp³-hybridized carbons (Fsp3) is 0.533. The molecule has 1 aliphatic heterocycles. The first-order valence-electron chi connectivity index (χ1n) is 7.47. The summed E-state index contributed by atoms with van der Waals surface area (Å²) in [4.78, 5) is 11.9. The Bertz CT molecular complexity index is 625. The van der Waals surface area contributed by atoms with E-state index in [1.165, 1.54) is 16.4 Å². The van der Waals surface area contributed by atoms with E-state index in [1.807, 2.05) is 0 Å². The number of hydrogen-bond donors (Lipinski definition) is 1. The number of nitrogens with zero attached hydrogens (tertiary/aromatic N) is 1. The van der Waals surface area contributed by atoms with Crippen molar-refractivity contribution < 1.29 is 17.9 Å². The fourth-order valence-corrected chi connectivity index (χ4v) is 4.09. The quantitative estimate of drug-likeness (QED) is 0.836. The number of hydrogen-bond acceptors (Lipinski definition) is 4. The van der Waals surface area contributed by atoms with Crippen molar-refractivity contribution >= 4 is 27.5 Å². The van der Waals surface area contributed by atoms with E-state index in [1.54, 1.807) is 19.2 Å². The highest BCUT2D eigenvalue weighted by Crippen LogP contribution is 2.22. The molecule has 2 rings (SSSR count). The lowest BCUT2D eigenvalue weighted by Crippen LogP contribution is -2.46. The van der Waals surface area contributed by atoms with Gasteiger partial charge >= 0.3 is 0 Å². The maximum atomic E-state index is 12.5. The van der Waals surface area contributed by atoms with Crippen LogP contribution in [0.5, 0.6) is 0 Å². The molecule has 6 nitrogen and oxygen atoms in total. The van der Waals surface area contributed by atoms with E-state index in [4.69, 9.17) is 16.3 Å². The first-order valence-corrected chi connectivity index (χ1v) is 9.29. The summed E-state index contributed by atoms with van der Waals surface area (Å²) in [5.41, 5.74) is 0. The molecule has 128 valence electrons. The van der Waals surface area contributed by atoms with E-state index < -0.39 is 10.0 Å². The van der Waals surface area contributed by atoms with Gasteiger partial charge in [-0.3, -0.25) is 4.79 Å². The number of sulfonamides is 1. The summed E-state index contributed by atoms with van der Waals surface area (Å²) in [6.07, 6.45) is 1.52. The van der Waals surface area contributed by atoms with Crippen LogP contribution in [0, 0.1) is 0 Å². The molecule has 0 bridgehead atoms. The molecule has 1 N–H and O–H groups in total. The molecule has 1 aromatic carbocycles. The second kappa shape index (κ2) is 8.10. The zero-order valence-corrected chi connectivity index (χ0v) is 14.6. The molecule has 1 fully saturated rings. The Kier molecular flexibility index (Phi) is 6.41. The third-order valence-corrected chi connectivity index (χ3v) is 5.97. The highest BCUT2D eigenvalue weighted by atomic mass is 35.5. The molecule has 1 aliphatic rings. The van der Waals surface area contributed by atoms with Crippen molar-refractivity contribution in [2.45, 2.75) is 30.2 Å². The first-order chi connectivity index (χ1) is 10.9. The van der Waals surface area contributed by atoms with Gasteiger partial charge in [-0.2, -0.15) is 4.31 Å². The molecule has 0 saturated carbocycles. The van der Waals surface area contributed by atoms with Crippen molar-refractivity contribution in [2.75, 3.05) is 26.8 Å².